The molecule has 0 unspecified atom stereocenters. The minimum atomic E-state index is -3.60. The number of hydrogen-bond acceptors (Lipinski definition) is 4. The zero-order chi connectivity index (χ0) is 25.2. The van der Waals surface area contributed by atoms with Crippen LogP contribution in [0.1, 0.15) is 68.2 Å². The van der Waals surface area contributed by atoms with Crippen molar-refractivity contribution in [2.75, 3.05) is 26.2 Å². The second-order valence-corrected chi connectivity index (χ2v) is 12.4. The second kappa shape index (κ2) is 10.8. The molecule has 0 spiro atoms. The Labute approximate surface area is 205 Å². The molecule has 8 heteroatoms. The van der Waals surface area contributed by atoms with E-state index in [1.54, 1.807) is 4.31 Å². The van der Waals surface area contributed by atoms with E-state index in [0.717, 1.165) is 35.1 Å². The van der Waals surface area contributed by atoms with E-state index in [9.17, 15) is 18.0 Å². The number of sulfonamides is 1. The van der Waals surface area contributed by atoms with Crippen LogP contribution in [0.4, 0.5) is 0 Å². The van der Waals surface area contributed by atoms with Crippen LogP contribution in [0.5, 0.6) is 0 Å². The van der Waals surface area contributed by atoms with Crippen molar-refractivity contribution in [2.24, 2.45) is 11.8 Å². The van der Waals surface area contributed by atoms with E-state index in [1.165, 1.54) is 0 Å². The van der Waals surface area contributed by atoms with Crippen LogP contribution in [-0.4, -0.2) is 61.7 Å². The summed E-state index contributed by atoms with van der Waals surface area (Å²) in [6.45, 7) is 13.8. The summed E-state index contributed by atoms with van der Waals surface area (Å²) in [5.41, 5.74) is 3.57. The molecule has 0 radical (unpaired) electrons. The van der Waals surface area contributed by atoms with Gasteiger partial charge in [0.25, 0.3) is 0 Å². The number of nitrogens with one attached hydrogen (secondary N) is 1. The molecule has 34 heavy (non-hydrogen) atoms. The minimum absolute atomic E-state index is 0.0165. The molecular formula is C26H41N3O4S. The number of nitrogens with zero attached hydrogens (tertiary/aromatic N) is 2. The third kappa shape index (κ3) is 5.82. The average molecular weight is 492 g/mol. The fourth-order valence-electron chi connectivity index (χ4n) is 5.13. The molecule has 0 aromatic heterocycles. The Kier molecular flexibility index (Phi) is 8.45. The van der Waals surface area contributed by atoms with Crippen LogP contribution >= 0.6 is 0 Å². The number of benzene rings is 1. The first-order chi connectivity index (χ1) is 15.9. The molecule has 0 aliphatic carbocycles. The van der Waals surface area contributed by atoms with Gasteiger partial charge in [0.2, 0.25) is 21.8 Å². The Morgan fingerprint density at radius 3 is 1.97 bits per heavy atom. The molecule has 0 atom stereocenters. The number of likely N-dealkylation sites (tertiary alicyclic amines) is 1. The van der Waals surface area contributed by atoms with Gasteiger partial charge in [0.1, 0.15) is 0 Å². The lowest BCUT2D eigenvalue weighted by atomic mass is 9.95. The van der Waals surface area contributed by atoms with Crippen LogP contribution in [0.2, 0.25) is 0 Å². The van der Waals surface area contributed by atoms with Crippen molar-refractivity contribution in [3.63, 3.8) is 0 Å². The van der Waals surface area contributed by atoms with Gasteiger partial charge in [-0.3, -0.25) is 9.59 Å². The fourth-order valence-corrected chi connectivity index (χ4v) is 7.17. The highest BCUT2D eigenvalue weighted by Gasteiger charge is 2.35. The Morgan fingerprint density at radius 2 is 1.47 bits per heavy atom. The third-order valence-corrected chi connectivity index (χ3v) is 9.67. The number of hydrogen-bond donors (Lipinski definition) is 1. The molecule has 2 saturated heterocycles. The number of aryl methyl sites for hydroxylation is 2. The van der Waals surface area contributed by atoms with Gasteiger partial charge < -0.3 is 10.2 Å². The van der Waals surface area contributed by atoms with Crippen LogP contribution in [0.15, 0.2) is 11.0 Å². The highest BCUT2D eigenvalue weighted by Crippen LogP contribution is 2.31. The zero-order valence-corrected chi connectivity index (χ0v) is 22.4. The number of amides is 2. The van der Waals surface area contributed by atoms with Crippen LogP contribution in [0.25, 0.3) is 0 Å². The van der Waals surface area contributed by atoms with Gasteiger partial charge in [-0.25, -0.2) is 8.42 Å². The Bertz CT molecular complexity index is 993. The van der Waals surface area contributed by atoms with Crippen molar-refractivity contribution in [3.05, 3.63) is 28.3 Å². The molecule has 2 amide bonds. The standard InChI is InChI=1S/C26H41N3O4S/c1-17(2)15-24(30)28-11-9-23(10-12-28)27-26(31)22-7-13-29(14-8-22)34(32,33)25-20(5)18(3)16-19(4)21(25)6/h16-17,22-23H,7-15H2,1-6H3,(H,27,31). The van der Waals surface area contributed by atoms with Gasteiger partial charge in [-0.05, 0) is 81.5 Å². The van der Waals surface area contributed by atoms with Gasteiger partial charge in [0.05, 0.1) is 4.90 Å². The van der Waals surface area contributed by atoms with Crippen LogP contribution < -0.4 is 5.32 Å². The summed E-state index contributed by atoms with van der Waals surface area (Å²) >= 11 is 0. The maximum absolute atomic E-state index is 13.5. The lowest BCUT2D eigenvalue weighted by Crippen LogP contribution is -2.49. The summed E-state index contributed by atoms with van der Waals surface area (Å²) < 4.78 is 28.5. The molecule has 1 aromatic carbocycles. The van der Waals surface area contributed by atoms with Crippen molar-refractivity contribution in [3.8, 4) is 0 Å². The van der Waals surface area contributed by atoms with E-state index in [1.807, 2.05) is 52.5 Å². The minimum Gasteiger partial charge on any atom is -0.353 e. The Morgan fingerprint density at radius 1 is 0.941 bits per heavy atom. The number of carbonyl (C=O) groups is 2. The zero-order valence-electron chi connectivity index (χ0n) is 21.6. The first-order valence-corrected chi connectivity index (χ1v) is 14.0. The van der Waals surface area contributed by atoms with E-state index in [2.05, 4.69) is 5.32 Å². The molecule has 7 nitrogen and oxygen atoms in total. The third-order valence-electron chi connectivity index (χ3n) is 7.50. The van der Waals surface area contributed by atoms with E-state index >= 15 is 0 Å². The molecule has 2 aliphatic heterocycles. The summed E-state index contributed by atoms with van der Waals surface area (Å²) in [6.07, 6.45) is 3.17. The fraction of sp³-hybridized carbons (Fsp3) is 0.692. The maximum atomic E-state index is 13.5. The van der Waals surface area contributed by atoms with E-state index in [0.29, 0.717) is 56.3 Å². The van der Waals surface area contributed by atoms with Crippen LogP contribution in [0.3, 0.4) is 0 Å². The van der Waals surface area contributed by atoms with Gasteiger partial charge in [0.15, 0.2) is 0 Å². The summed E-state index contributed by atoms with van der Waals surface area (Å²) in [6, 6.07) is 2.11. The number of carbonyl (C=O) groups excluding carboxylic acids is 2. The molecule has 190 valence electrons. The molecule has 2 fully saturated rings. The lowest BCUT2D eigenvalue weighted by molar-refractivity contribution is -0.133. The first-order valence-electron chi connectivity index (χ1n) is 12.6. The van der Waals surface area contributed by atoms with Crippen molar-refractivity contribution in [1.29, 1.82) is 0 Å². The molecule has 1 N–H and O–H groups in total. The first kappa shape index (κ1) is 26.7. The summed E-state index contributed by atoms with van der Waals surface area (Å²) in [7, 11) is -3.60. The number of piperidine rings is 2. The van der Waals surface area contributed by atoms with Gasteiger partial charge in [0, 0.05) is 44.6 Å². The number of rotatable bonds is 6. The smallest absolute Gasteiger partial charge is 0.243 e. The molecule has 3 rings (SSSR count). The topological polar surface area (TPSA) is 86.8 Å². The van der Waals surface area contributed by atoms with Crippen molar-refractivity contribution in [2.45, 2.75) is 84.6 Å². The normalized spacial score (nSPS) is 19.0. The van der Waals surface area contributed by atoms with Gasteiger partial charge in [-0.1, -0.05) is 19.9 Å². The average Bonchev–Trinajstić information content (AvgIpc) is 2.78. The Hall–Kier alpha value is -1.93. The van der Waals surface area contributed by atoms with Gasteiger partial charge in [-0.15, -0.1) is 0 Å². The Balaban J connectivity index is 1.54. The SMILES string of the molecule is Cc1cc(C)c(C)c(S(=O)(=O)N2CCC(C(=O)NC3CCN(C(=O)CC(C)C)CC3)CC2)c1C. The van der Waals surface area contributed by atoms with E-state index < -0.39 is 10.0 Å². The molecule has 2 aliphatic rings. The highest BCUT2D eigenvalue weighted by molar-refractivity contribution is 7.89. The van der Waals surface area contributed by atoms with Crippen LogP contribution in [-0.2, 0) is 19.6 Å². The largest absolute Gasteiger partial charge is 0.353 e. The predicted octanol–water partition coefficient (Wildman–Crippen LogP) is 3.47. The van der Waals surface area contributed by atoms with E-state index in [4.69, 9.17) is 0 Å². The molecule has 0 saturated carbocycles. The second-order valence-electron chi connectivity index (χ2n) is 10.5. The summed E-state index contributed by atoms with van der Waals surface area (Å²) in [5.74, 6) is 0.390. The van der Waals surface area contributed by atoms with Gasteiger partial charge >= 0.3 is 0 Å². The maximum Gasteiger partial charge on any atom is 0.243 e. The molecule has 2 heterocycles. The van der Waals surface area contributed by atoms with E-state index in [-0.39, 0.29) is 23.8 Å². The molecule has 0 bridgehead atoms. The summed E-state index contributed by atoms with van der Waals surface area (Å²) in [4.78, 5) is 27.5. The van der Waals surface area contributed by atoms with Crippen molar-refractivity contribution >= 4 is 21.8 Å². The van der Waals surface area contributed by atoms with Crippen molar-refractivity contribution in [1.82, 2.24) is 14.5 Å². The highest BCUT2D eigenvalue weighted by atomic mass is 32.2. The molecular weight excluding hydrogens is 450 g/mol. The predicted molar refractivity (Wildman–Crippen MR) is 134 cm³/mol. The van der Waals surface area contributed by atoms with Crippen molar-refractivity contribution < 1.29 is 18.0 Å². The summed E-state index contributed by atoms with van der Waals surface area (Å²) in [5, 5.41) is 3.16. The lowest BCUT2D eigenvalue weighted by Gasteiger charge is -2.35. The van der Waals surface area contributed by atoms with Gasteiger partial charge in [-0.2, -0.15) is 4.31 Å². The monoisotopic (exact) mass is 491 g/mol. The van der Waals surface area contributed by atoms with Crippen LogP contribution in [0, 0.1) is 39.5 Å². The molecule has 1 aromatic rings. The quantitative estimate of drug-likeness (QED) is 0.660.